The number of nitrogens with zero attached hydrogens (tertiary/aromatic N) is 1. The van der Waals surface area contributed by atoms with Crippen LogP contribution in [0.15, 0.2) is 66.9 Å². The van der Waals surface area contributed by atoms with Crippen LogP contribution in [0.3, 0.4) is 0 Å². The average Bonchev–Trinajstić information content (AvgIpc) is 2.67. The molecule has 0 aliphatic carbocycles. The van der Waals surface area contributed by atoms with Crippen molar-refractivity contribution in [3.05, 3.63) is 72.4 Å². The summed E-state index contributed by atoms with van der Waals surface area (Å²) in [5.74, 6) is 0.788. The molecule has 2 atom stereocenters. The Hall–Kier alpha value is -2.43. The number of aromatic nitrogens is 1. The van der Waals surface area contributed by atoms with Crippen molar-refractivity contribution in [2.45, 2.75) is 12.2 Å². The van der Waals surface area contributed by atoms with Gasteiger partial charge in [-0.2, -0.15) is 0 Å². The summed E-state index contributed by atoms with van der Waals surface area (Å²) in [6, 6.07) is 20.3. The quantitative estimate of drug-likeness (QED) is 0.801. The lowest BCUT2D eigenvalue weighted by atomic mass is 10.0. The second-order valence-electron chi connectivity index (χ2n) is 5.89. The number of hydrogen-bond acceptors (Lipinski definition) is 4. The fourth-order valence-corrected chi connectivity index (χ4v) is 3.09. The van der Waals surface area contributed by atoms with Gasteiger partial charge in [-0.05, 0) is 17.7 Å². The van der Waals surface area contributed by atoms with E-state index in [0.29, 0.717) is 6.61 Å². The SMILES string of the molecule is c1ccc(C(Oc2cccc3cccnc23)C2CNCCO2)cc1. The van der Waals surface area contributed by atoms with Gasteiger partial charge in [0.1, 0.15) is 17.4 Å². The maximum Gasteiger partial charge on any atom is 0.151 e. The molecule has 2 unspecified atom stereocenters. The third kappa shape index (κ3) is 3.11. The van der Waals surface area contributed by atoms with E-state index in [4.69, 9.17) is 9.47 Å². The minimum atomic E-state index is -0.174. The van der Waals surface area contributed by atoms with Crippen LogP contribution in [0.4, 0.5) is 0 Å². The van der Waals surface area contributed by atoms with E-state index in [0.717, 1.165) is 35.3 Å². The normalized spacial score (nSPS) is 19.1. The Labute approximate surface area is 141 Å². The molecular weight excluding hydrogens is 300 g/mol. The first kappa shape index (κ1) is 15.1. The molecule has 1 saturated heterocycles. The van der Waals surface area contributed by atoms with Crippen LogP contribution in [0.5, 0.6) is 5.75 Å². The molecule has 0 spiro atoms. The smallest absolute Gasteiger partial charge is 0.151 e. The van der Waals surface area contributed by atoms with Gasteiger partial charge in [-0.1, -0.05) is 48.5 Å². The molecule has 1 N–H and O–H groups in total. The molecule has 4 heteroatoms. The Morgan fingerprint density at radius 2 is 1.92 bits per heavy atom. The molecule has 2 aromatic carbocycles. The van der Waals surface area contributed by atoms with Crippen molar-refractivity contribution >= 4 is 10.9 Å². The average molecular weight is 320 g/mol. The first-order valence-electron chi connectivity index (χ1n) is 8.29. The van der Waals surface area contributed by atoms with Crippen molar-refractivity contribution in [2.24, 2.45) is 0 Å². The number of ether oxygens (including phenoxy) is 2. The molecule has 4 rings (SSSR count). The van der Waals surface area contributed by atoms with Gasteiger partial charge >= 0.3 is 0 Å². The zero-order chi connectivity index (χ0) is 16.2. The zero-order valence-corrected chi connectivity index (χ0v) is 13.4. The topological polar surface area (TPSA) is 43.4 Å². The lowest BCUT2D eigenvalue weighted by Crippen LogP contribution is -2.43. The highest BCUT2D eigenvalue weighted by Crippen LogP contribution is 2.31. The summed E-state index contributed by atoms with van der Waals surface area (Å²) in [5.41, 5.74) is 1.99. The van der Waals surface area contributed by atoms with Crippen molar-refractivity contribution in [2.75, 3.05) is 19.7 Å². The van der Waals surface area contributed by atoms with E-state index >= 15 is 0 Å². The van der Waals surface area contributed by atoms with Crippen molar-refractivity contribution < 1.29 is 9.47 Å². The molecule has 0 amide bonds. The molecule has 0 radical (unpaired) electrons. The van der Waals surface area contributed by atoms with Crippen LogP contribution in [-0.2, 0) is 4.74 Å². The summed E-state index contributed by atoms with van der Waals surface area (Å²) in [5, 5.41) is 4.46. The van der Waals surface area contributed by atoms with Crippen LogP contribution >= 0.6 is 0 Å². The van der Waals surface area contributed by atoms with Gasteiger partial charge in [-0.15, -0.1) is 0 Å². The summed E-state index contributed by atoms with van der Waals surface area (Å²) in [7, 11) is 0. The lowest BCUT2D eigenvalue weighted by Gasteiger charge is -2.31. The van der Waals surface area contributed by atoms with Crippen molar-refractivity contribution in [1.29, 1.82) is 0 Å². The van der Waals surface area contributed by atoms with E-state index in [1.165, 1.54) is 0 Å². The summed E-state index contributed by atoms with van der Waals surface area (Å²) >= 11 is 0. The predicted molar refractivity (Wildman–Crippen MR) is 94.2 cm³/mol. The summed E-state index contributed by atoms with van der Waals surface area (Å²) in [6.45, 7) is 2.36. The minimum Gasteiger partial charge on any atom is -0.481 e. The van der Waals surface area contributed by atoms with Crippen LogP contribution in [0, 0.1) is 0 Å². The molecule has 122 valence electrons. The van der Waals surface area contributed by atoms with E-state index in [1.54, 1.807) is 6.20 Å². The molecule has 1 aliphatic rings. The Balaban J connectivity index is 1.70. The monoisotopic (exact) mass is 320 g/mol. The largest absolute Gasteiger partial charge is 0.481 e. The minimum absolute atomic E-state index is 0.0277. The van der Waals surface area contributed by atoms with Gasteiger partial charge in [0.2, 0.25) is 0 Å². The number of para-hydroxylation sites is 1. The van der Waals surface area contributed by atoms with E-state index < -0.39 is 0 Å². The molecule has 1 aliphatic heterocycles. The van der Waals surface area contributed by atoms with Crippen molar-refractivity contribution in [3.8, 4) is 5.75 Å². The molecular formula is C20H20N2O2. The highest BCUT2D eigenvalue weighted by Gasteiger charge is 2.28. The third-order valence-corrected chi connectivity index (χ3v) is 4.27. The molecule has 0 bridgehead atoms. The van der Waals surface area contributed by atoms with Crippen LogP contribution in [-0.4, -0.2) is 30.8 Å². The van der Waals surface area contributed by atoms with Gasteiger partial charge in [-0.25, -0.2) is 0 Å². The van der Waals surface area contributed by atoms with E-state index in [1.807, 2.05) is 48.5 Å². The van der Waals surface area contributed by atoms with Gasteiger partial charge < -0.3 is 14.8 Å². The highest BCUT2D eigenvalue weighted by atomic mass is 16.5. The summed E-state index contributed by atoms with van der Waals surface area (Å²) in [4.78, 5) is 4.49. The molecule has 1 fully saturated rings. The predicted octanol–water partition coefficient (Wildman–Crippen LogP) is 3.34. The molecule has 24 heavy (non-hydrogen) atoms. The van der Waals surface area contributed by atoms with E-state index in [2.05, 4.69) is 22.4 Å². The lowest BCUT2D eigenvalue weighted by molar-refractivity contribution is -0.0428. The van der Waals surface area contributed by atoms with Gasteiger partial charge in [0.15, 0.2) is 6.10 Å². The Bertz CT molecular complexity index is 796. The second-order valence-corrected chi connectivity index (χ2v) is 5.89. The Morgan fingerprint density at radius 3 is 2.75 bits per heavy atom. The highest BCUT2D eigenvalue weighted by molar-refractivity contribution is 5.84. The number of benzene rings is 2. The number of fused-ring (bicyclic) bond motifs is 1. The number of hydrogen-bond donors (Lipinski definition) is 1. The first-order valence-corrected chi connectivity index (χ1v) is 8.29. The van der Waals surface area contributed by atoms with Gasteiger partial charge in [0.05, 0.1) is 6.61 Å². The number of pyridine rings is 1. The third-order valence-electron chi connectivity index (χ3n) is 4.27. The fourth-order valence-electron chi connectivity index (χ4n) is 3.09. The van der Waals surface area contributed by atoms with Crippen LogP contribution in [0.1, 0.15) is 11.7 Å². The maximum absolute atomic E-state index is 6.43. The number of rotatable bonds is 4. The first-order chi connectivity index (χ1) is 11.9. The maximum atomic E-state index is 6.43. The van der Waals surface area contributed by atoms with Gasteiger partial charge in [0.25, 0.3) is 0 Å². The molecule has 4 nitrogen and oxygen atoms in total. The number of morpholine rings is 1. The molecule has 0 saturated carbocycles. The van der Waals surface area contributed by atoms with E-state index in [9.17, 15) is 0 Å². The second kappa shape index (κ2) is 6.99. The van der Waals surface area contributed by atoms with Crippen LogP contribution in [0.2, 0.25) is 0 Å². The van der Waals surface area contributed by atoms with Gasteiger partial charge in [0, 0.05) is 24.7 Å². The van der Waals surface area contributed by atoms with Crippen LogP contribution in [0.25, 0.3) is 10.9 Å². The van der Waals surface area contributed by atoms with Crippen molar-refractivity contribution in [3.63, 3.8) is 0 Å². The zero-order valence-electron chi connectivity index (χ0n) is 13.4. The number of nitrogens with one attached hydrogen (secondary N) is 1. The summed E-state index contributed by atoms with van der Waals surface area (Å²) < 4.78 is 12.4. The summed E-state index contributed by atoms with van der Waals surface area (Å²) in [6.07, 6.45) is 1.59. The van der Waals surface area contributed by atoms with Crippen LogP contribution < -0.4 is 10.1 Å². The molecule has 3 aromatic rings. The van der Waals surface area contributed by atoms with Gasteiger partial charge in [-0.3, -0.25) is 4.98 Å². The van der Waals surface area contributed by atoms with E-state index in [-0.39, 0.29) is 12.2 Å². The molecule has 1 aromatic heterocycles. The Kier molecular flexibility index (Phi) is 4.40. The standard InChI is InChI=1S/C20H20N2O2/c1-2-6-16(7-3-1)20(18-14-21-12-13-23-18)24-17-10-4-8-15-9-5-11-22-19(15)17/h1-11,18,20-21H,12-14H2. The fraction of sp³-hybridized carbons (Fsp3) is 0.250. The Morgan fingerprint density at radius 1 is 1.04 bits per heavy atom. The van der Waals surface area contributed by atoms with Crippen molar-refractivity contribution in [1.82, 2.24) is 10.3 Å². The molecule has 2 heterocycles.